The number of carbonyl (C=O) groups is 3. The molecule has 0 radical (unpaired) electrons. The lowest BCUT2D eigenvalue weighted by Crippen LogP contribution is -2.30. The Morgan fingerprint density at radius 3 is 0.797 bits per heavy atom. The van der Waals surface area contributed by atoms with Gasteiger partial charge in [0.05, 0.1) is 0 Å². The van der Waals surface area contributed by atoms with Crippen molar-refractivity contribution < 1.29 is 28.6 Å². The lowest BCUT2D eigenvalue weighted by molar-refractivity contribution is -0.167. The predicted molar refractivity (Wildman–Crippen MR) is 344 cm³/mol. The van der Waals surface area contributed by atoms with Gasteiger partial charge < -0.3 is 14.2 Å². The first kappa shape index (κ1) is 75.6. The Balaban J connectivity index is 4.35. The molecule has 0 rings (SSSR count). The third kappa shape index (κ3) is 65.3. The molecule has 0 aromatic carbocycles. The molecule has 0 aliphatic heterocycles. The lowest BCUT2D eigenvalue weighted by atomic mass is 10.0. The largest absolute Gasteiger partial charge is 0.462 e. The van der Waals surface area contributed by atoms with E-state index in [0.29, 0.717) is 12.8 Å². The lowest BCUT2D eigenvalue weighted by Gasteiger charge is -2.18. The van der Waals surface area contributed by atoms with Gasteiger partial charge in [0.25, 0.3) is 0 Å². The number of esters is 3. The van der Waals surface area contributed by atoms with Gasteiger partial charge in [-0.05, 0) is 96.3 Å². The first-order valence-corrected chi connectivity index (χ1v) is 34.1. The van der Waals surface area contributed by atoms with Crippen molar-refractivity contribution >= 4 is 17.9 Å². The summed E-state index contributed by atoms with van der Waals surface area (Å²) < 4.78 is 16.9. The third-order valence-corrected chi connectivity index (χ3v) is 14.9. The zero-order chi connectivity index (χ0) is 57.1. The van der Waals surface area contributed by atoms with Crippen LogP contribution < -0.4 is 0 Å². The molecule has 1 atom stereocenters. The molecule has 0 N–H and O–H groups in total. The molecule has 0 aromatic rings. The first-order chi connectivity index (χ1) is 39.0. The number of rotatable bonds is 62. The number of allylic oxidation sites excluding steroid dienone is 14. The molecule has 6 nitrogen and oxygen atoms in total. The number of hydrogen-bond donors (Lipinski definition) is 0. The molecular formula is C73H128O6. The van der Waals surface area contributed by atoms with Gasteiger partial charge in [0, 0.05) is 19.3 Å². The average Bonchev–Trinajstić information content (AvgIpc) is 3.45. The Morgan fingerprint density at radius 1 is 0.266 bits per heavy atom. The fourth-order valence-electron chi connectivity index (χ4n) is 9.80. The summed E-state index contributed by atoms with van der Waals surface area (Å²) in [4.78, 5) is 38.4. The van der Waals surface area contributed by atoms with Crippen LogP contribution in [-0.4, -0.2) is 37.2 Å². The highest BCUT2D eigenvalue weighted by Crippen LogP contribution is 2.18. The van der Waals surface area contributed by atoms with Crippen LogP contribution in [-0.2, 0) is 28.6 Å². The predicted octanol–water partition coefficient (Wildman–Crippen LogP) is 23.4. The van der Waals surface area contributed by atoms with E-state index in [1.165, 1.54) is 180 Å². The van der Waals surface area contributed by atoms with Crippen LogP contribution >= 0.6 is 0 Å². The molecule has 6 heteroatoms. The maximum Gasteiger partial charge on any atom is 0.306 e. The van der Waals surface area contributed by atoms with E-state index >= 15 is 0 Å². The second kappa shape index (κ2) is 67.1. The summed E-state index contributed by atoms with van der Waals surface area (Å²) in [5.74, 6) is -0.923. The summed E-state index contributed by atoms with van der Waals surface area (Å²) in [5, 5.41) is 0. The van der Waals surface area contributed by atoms with Gasteiger partial charge in [0.2, 0.25) is 0 Å². The molecule has 0 aliphatic carbocycles. The standard InChI is InChI=1S/C73H128O6/c1-4-7-10-13-16-19-22-25-28-31-33-34-35-36-37-38-39-41-42-45-48-51-54-57-60-63-66-72(75)78-69-70(68-77-71(74)65-62-59-56-53-50-47-44-30-27-24-21-18-15-12-9-6-3)79-73(76)67-64-61-58-55-52-49-46-43-40-32-29-26-23-20-17-14-11-8-5-2/h8,11,17,20-21,24,26,29-30,40,43-44,49,52,70H,4-7,9-10,12-16,18-19,22-23,25,27-28,31-39,41-42,45-48,50-51,53-69H2,1-3H3/b11-8-,20-17-,24-21-,29-26-,43-40-,44-30-,52-49-. The summed E-state index contributed by atoms with van der Waals surface area (Å²) in [6.45, 7) is 6.52. The summed E-state index contributed by atoms with van der Waals surface area (Å²) in [6.07, 6.45) is 88.9. The van der Waals surface area contributed by atoms with Gasteiger partial charge >= 0.3 is 17.9 Å². The van der Waals surface area contributed by atoms with Crippen molar-refractivity contribution in [3.63, 3.8) is 0 Å². The van der Waals surface area contributed by atoms with E-state index in [0.717, 1.165) is 122 Å². The van der Waals surface area contributed by atoms with E-state index in [2.05, 4.69) is 106 Å². The van der Waals surface area contributed by atoms with Crippen LogP contribution in [0.1, 0.15) is 342 Å². The van der Waals surface area contributed by atoms with Crippen LogP contribution in [0.3, 0.4) is 0 Å². The molecule has 0 heterocycles. The number of unbranched alkanes of at least 4 members (excludes halogenated alkanes) is 37. The fraction of sp³-hybridized carbons (Fsp3) is 0.767. The normalized spacial score (nSPS) is 12.6. The average molecular weight is 1100 g/mol. The zero-order valence-corrected chi connectivity index (χ0v) is 52.4. The van der Waals surface area contributed by atoms with Gasteiger partial charge in [0.15, 0.2) is 6.10 Å². The van der Waals surface area contributed by atoms with E-state index < -0.39 is 6.10 Å². The summed E-state index contributed by atoms with van der Waals surface area (Å²) in [7, 11) is 0. The third-order valence-electron chi connectivity index (χ3n) is 14.9. The van der Waals surface area contributed by atoms with Crippen molar-refractivity contribution in [3.05, 3.63) is 85.1 Å². The zero-order valence-electron chi connectivity index (χ0n) is 52.4. The van der Waals surface area contributed by atoms with Crippen LogP contribution in [0.5, 0.6) is 0 Å². The summed E-state index contributed by atoms with van der Waals surface area (Å²) in [6, 6.07) is 0. The second-order valence-electron chi connectivity index (χ2n) is 22.7. The van der Waals surface area contributed by atoms with E-state index in [4.69, 9.17) is 14.2 Å². The topological polar surface area (TPSA) is 78.9 Å². The molecule has 456 valence electrons. The molecule has 0 fully saturated rings. The van der Waals surface area contributed by atoms with Gasteiger partial charge in [-0.3, -0.25) is 14.4 Å². The van der Waals surface area contributed by atoms with Gasteiger partial charge in [-0.15, -0.1) is 0 Å². The minimum atomic E-state index is -0.801. The number of carbonyl (C=O) groups excluding carboxylic acids is 3. The molecule has 79 heavy (non-hydrogen) atoms. The van der Waals surface area contributed by atoms with Gasteiger partial charge in [0.1, 0.15) is 13.2 Å². The van der Waals surface area contributed by atoms with Gasteiger partial charge in [-0.2, -0.15) is 0 Å². The SMILES string of the molecule is CC/C=C\C/C=C\C/C=C\C/C=C\C/C=C\CCCCCC(=O)OC(COC(=O)CCCCCCC/C=C\C/C=C\CCCCCC)COC(=O)CCCCCCCCCCCCCCCCCCCCCCCCCCCC. The molecule has 0 saturated carbocycles. The Hall–Kier alpha value is -3.41. The highest BCUT2D eigenvalue weighted by Gasteiger charge is 2.19. The Bertz CT molecular complexity index is 1500. The molecule has 0 spiro atoms. The van der Waals surface area contributed by atoms with E-state index in [1.54, 1.807) is 0 Å². The van der Waals surface area contributed by atoms with E-state index in [-0.39, 0.29) is 37.5 Å². The van der Waals surface area contributed by atoms with Crippen molar-refractivity contribution in [1.29, 1.82) is 0 Å². The molecule has 0 bridgehead atoms. The summed E-state index contributed by atoms with van der Waals surface area (Å²) in [5.41, 5.74) is 0. The fourth-order valence-corrected chi connectivity index (χ4v) is 9.80. The van der Waals surface area contributed by atoms with Crippen molar-refractivity contribution in [2.75, 3.05) is 13.2 Å². The van der Waals surface area contributed by atoms with Crippen molar-refractivity contribution in [3.8, 4) is 0 Å². The smallest absolute Gasteiger partial charge is 0.306 e. The monoisotopic (exact) mass is 1100 g/mol. The van der Waals surface area contributed by atoms with Crippen molar-refractivity contribution in [2.24, 2.45) is 0 Å². The molecule has 0 saturated heterocycles. The number of ether oxygens (including phenoxy) is 3. The van der Waals surface area contributed by atoms with Crippen LogP contribution in [0.25, 0.3) is 0 Å². The maximum atomic E-state index is 12.9. The Kier molecular flexibility index (Phi) is 64.2. The van der Waals surface area contributed by atoms with E-state index in [9.17, 15) is 14.4 Å². The highest BCUT2D eigenvalue weighted by molar-refractivity contribution is 5.71. The second-order valence-corrected chi connectivity index (χ2v) is 22.7. The number of hydrogen-bond acceptors (Lipinski definition) is 6. The Labute approximate surface area is 490 Å². The van der Waals surface area contributed by atoms with Crippen LogP contribution in [0.4, 0.5) is 0 Å². The summed E-state index contributed by atoms with van der Waals surface area (Å²) >= 11 is 0. The maximum absolute atomic E-state index is 12.9. The highest BCUT2D eigenvalue weighted by atomic mass is 16.6. The molecule has 0 aromatic heterocycles. The van der Waals surface area contributed by atoms with E-state index in [1.807, 2.05) is 0 Å². The first-order valence-electron chi connectivity index (χ1n) is 34.1. The Morgan fingerprint density at radius 2 is 0.494 bits per heavy atom. The van der Waals surface area contributed by atoms with Crippen LogP contribution in [0, 0.1) is 0 Å². The molecule has 0 aliphatic rings. The van der Waals surface area contributed by atoms with Gasteiger partial charge in [-0.1, -0.05) is 311 Å². The molecule has 1 unspecified atom stereocenters. The minimum Gasteiger partial charge on any atom is -0.462 e. The quantitative estimate of drug-likeness (QED) is 0.0261. The van der Waals surface area contributed by atoms with Crippen LogP contribution in [0.15, 0.2) is 85.1 Å². The molecule has 0 amide bonds. The van der Waals surface area contributed by atoms with Crippen molar-refractivity contribution in [2.45, 2.75) is 348 Å². The molecular weight excluding hydrogens is 973 g/mol. The van der Waals surface area contributed by atoms with Crippen LogP contribution in [0.2, 0.25) is 0 Å². The minimum absolute atomic E-state index is 0.0921. The van der Waals surface area contributed by atoms with Gasteiger partial charge in [-0.25, -0.2) is 0 Å². The van der Waals surface area contributed by atoms with Crippen molar-refractivity contribution in [1.82, 2.24) is 0 Å².